The number of hydrogen-bond donors (Lipinski definition) is 3. The zero-order chi connectivity index (χ0) is 12.4. The maximum absolute atomic E-state index is 11.6. The van der Waals surface area contributed by atoms with E-state index in [0.29, 0.717) is 18.5 Å². The van der Waals surface area contributed by atoms with Gasteiger partial charge in [0, 0.05) is 6.42 Å². The highest BCUT2D eigenvalue weighted by Gasteiger charge is 2.26. The Labute approximate surface area is 99.4 Å². The Morgan fingerprint density at radius 3 is 2.82 bits per heavy atom. The molecule has 17 heavy (non-hydrogen) atoms. The normalized spacial score (nSPS) is 19.9. The van der Waals surface area contributed by atoms with Gasteiger partial charge in [0.2, 0.25) is 11.8 Å². The van der Waals surface area contributed by atoms with E-state index in [-0.39, 0.29) is 11.8 Å². The number of nitrogens with two attached hydrogens (primary N) is 1. The summed E-state index contributed by atoms with van der Waals surface area (Å²) < 4.78 is 0. The van der Waals surface area contributed by atoms with E-state index in [0.717, 1.165) is 11.3 Å². The van der Waals surface area contributed by atoms with Crippen LogP contribution in [0.25, 0.3) is 0 Å². The summed E-state index contributed by atoms with van der Waals surface area (Å²) in [5, 5.41) is 5.36. The zero-order valence-corrected chi connectivity index (χ0v) is 9.62. The first-order valence-electron chi connectivity index (χ1n) is 5.52. The summed E-state index contributed by atoms with van der Waals surface area (Å²) in [5.74, 6) is -0.508. The smallest absolute Gasteiger partial charge is 0.249 e. The van der Waals surface area contributed by atoms with Gasteiger partial charge in [0.1, 0.15) is 6.04 Å². The molecular weight excluding hydrogens is 218 g/mol. The van der Waals surface area contributed by atoms with Crippen LogP contribution in [-0.4, -0.2) is 17.9 Å². The highest BCUT2D eigenvalue weighted by molar-refractivity contribution is 6.01. The number of imide groups is 1. The number of aryl methyl sites for hydroxylation is 1. The largest absolute Gasteiger partial charge is 0.397 e. The minimum absolute atomic E-state index is 0.218. The lowest BCUT2D eigenvalue weighted by Crippen LogP contribution is -2.47. The second-order valence-electron chi connectivity index (χ2n) is 4.24. The number of amides is 2. The second kappa shape index (κ2) is 4.45. The molecular formula is C12H15N3O2. The Hall–Kier alpha value is -2.04. The van der Waals surface area contributed by atoms with Gasteiger partial charge < -0.3 is 11.1 Å². The Morgan fingerprint density at radius 1 is 1.41 bits per heavy atom. The molecule has 0 radical (unpaired) electrons. The molecule has 0 aliphatic carbocycles. The van der Waals surface area contributed by atoms with Crippen molar-refractivity contribution >= 4 is 23.2 Å². The molecule has 1 saturated heterocycles. The highest BCUT2D eigenvalue weighted by atomic mass is 16.2. The van der Waals surface area contributed by atoms with Crippen LogP contribution in [-0.2, 0) is 9.59 Å². The number of piperidine rings is 1. The number of benzene rings is 1. The molecule has 1 aromatic rings. The summed E-state index contributed by atoms with van der Waals surface area (Å²) in [7, 11) is 0. The van der Waals surface area contributed by atoms with Crippen molar-refractivity contribution < 1.29 is 9.59 Å². The summed E-state index contributed by atoms with van der Waals surface area (Å²) in [6.07, 6.45) is 0.854. The van der Waals surface area contributed by atoms with E-state index in [1.165, 1.54) is 0 Å². The first-order chi connectivity index (χ1) is 8.06. The van der Waals surface area contributed by atoms with Crippen molar-refractivity contribution in [2.45, 2.75) is 25.8 Å². The molecule has 0 aromatic heterocycles. The van der Waals surface area contributed by atoms with Gasteiger partial charge in [-0.25, -0.2) is 0 Å². The fourth-order valence-corrected chi connectivity index (χ4v) is 1.83. The molecule has 90 valence electrons. The van der Waals surface area contributed by atoms with E-state index in [4.69, 9.17) is 5.73 Å². The summed E-state index contributed by atoms with van der Waals surface area (Å²) in [6.45, 7) is 1.95. The molecule has 1 heterocycles. The number of hydrogen-bond acceptors (Lipinski definition) is 4. The predicted molar refractivity (Wildman–Crippen MR) is 65.4 cm³/mol. The van der Waals surface area contributed by atoms with Crippen LogP contribution >= 0.6 is 0 Å². The van der Waals surface area contributed by atoms with Crippen LogP contribution in [0.1, 0.15) is 18.4 Å². The maximum Gasteiger partial charge on any atom is 0.249 e. The van der Waals surface area contributed by atoms with Gasteiger partial charge in [0.25, 0.3) is 0 Å². The van der Waals surface area contributed by atoms with E-state index in [1.54, 1.807) is 0 Å². The third-order valence-electron chi connectivity index (χ3n) is 2.78. The minimum atomic E-state index is -0.391. The standard InChI is InChI=1S/C12H15N3O2/c1-7-2-3-9(8(13)6-7)14-10-4-5-11(16)15-12(10)17/h2-3,6,10,14H,4-5,13H2,1H3,(H,15,16,17). The molecule has 0 saturated carbocycles. The average molecular weight is 233 g/mol. The van der Waals surface area contributed by atoms with Crippen molar-refractivity contribution in [1.29, 1.82) is 0 Å². The fraction of sp³-hybridized carbons (Fsp3) is 0.333. The molecule has 1 fully saturated rings. The third kappa shape index (κ3) is 2.55. The van der Waals surface area contributed by atoms with Crippen molar-refractivity contribution in [3.63, 3.8) is 0 Å². The van der Waals surface area contributed by atoms with Crippen molar-refractivity contribution in [3.05, 3.63) is 23.8 Å². The molecule has 2 amide bonds. The number of nitrogens with one attached hydrogen (secondary N) is 2. The number of carbonyl (C=O) groups is 2. The highest BCUT2D eigenvalue weighted by Crippen LogP contribution is 2.22. The first-order valence-corrected chi connectivity index (χ1v) is 5.52. The van der Waals surface area contributed by atoms with Gasteiger partial charge in [0.05, 0.1) is 11.4 Å². The van der Waals surface area contributed by atoms with Crippen LogP contribution in [0.5, 0.6) is 0 Å². The molecule has 1 unspecified atom stereocenters. The van der Waals surface area contributed by atoms with Crippen LogP contribution in [0.3, 0.4) is 0 Å². The van der Waals surface area contributed by atoms with Crippen LogP contribution in [0.4, 0.5) is 11.4 Å². The van der Waals surface area contributed by atoms with E-state index in [9.17, 15) is 9.59 Å². The topological polar surface area (TPSA) is 84.2 Å². The van der Waals surface area contributed by atoms with Crippen molar-refractivity contribution in [3.8, 4) is 0 Å². The van der Waals surface area contributed by atoms with Gasteiger partial charge in [-0.3, -0.25) is 14.9 Å². The number of anilines is 2. The summed E-state index contributed by atoms with van der Waals surface area (Å²) >= 11 is 0. The van der Waals surface area contributed by atoms with E-state index < -0.39 is 6.04 Å². The predicted octanol–water partition coefficient (Wildman–Crippen LogP) is 0.794. The second-order valence-corrected chi connectivity index (χ2v) is 4.24. The lowest BCUT2D eigenvalue weighted by molar-refractivity contribution is -0.133. The van der Waals surface area contributed by atoms with E-state index in [1.807, 2.05) is 25.1 Å². The quantitative estimate of drug-likeness (QED) is 0.521. The molecule has 1 aliphatic heterocycles. The van der Waals surface area contributed by atoms with Crippen molar-refractivity contribution in [2.24, 2.45) is 0 Å². The van der Waals surface area contributed by atoms with Crippen LogP contribution in [0, 0.1) is 6.92 Å². The van der Waals surface area contributed by atoms with Gasteiger partial charge in [-0.2, -0.15) is 0 Å². The number of carbonyl (C=O) groups excluding carboxylic acids is 2. The summed E-state index contributed by atoms with van der Waals surface area (Å²) in [6, 6.07) is 5.21. The first kappa shape index (κ1) is 11.4. The van der Waals surface area contributed by atoms with Crippen molar-refractivity contribution in [1.82, 2.24) is 5.32 Å². The SMILES string of the molecule is Cc1ccc(NC2CCC(=O)NC2=O)c(N)c1. The Bertz CT molecular complexity index is 471. The maximum atomic E-state index is 11.6. The Balaban J connectivity index is 2.10. The molecule has 4 N–H and O–H groups in total. The van der Waals surface area contributed by atoms with Crippen LogP contribution < -0.4 is 16.4 Å². The zero-order valence-electron chi connectivity index (χ0n) is 9.62. The number of nitrogen functional groups attached to an aromatic ring is 1. The molecule has 1 aliphatic rings. The monoisotopic (exact) mass is 233 g/mol. The Kier molecular flexibility index (Phi) is 2.99. The summed E-state index contributed by atoms with van der Waals surface area (Å²) in [4.78, 5) is 22.6. The van der Waals surface area contributed by atoms with E-state index >= 15 is 0 Å². The van der Waals surface area contributed by atoms with Gasteiger partial charge in [-0.05, 0) is 31.0 Å². The molecule has 5 nitrogen and oxygen atoms in total. The Morgan fingerprint density at radius 2 is 2.18 bits per heavy atom. The molecule has 2 rings (SSSR count). The molecule has 0 bridgehead atoms. The molecule has 1 atom stereocenters. The minimum Gasteiger partial charge on any atom is -0.397 e. The number of rotatable bonds is 2. The summed E-state index contributed by atoms with van der Waals surface area (Å²) in [5.41, 5.74) is 8.25. The van der Waals surface area contributed by atoms with E-state index in [2.05, 4.69) is 10.6 Å². The molecule has 0 spiro atoms. The van der Waals surface area contributed by atoms with Crippen LogP contribution in [0.2, 0.25) is 0 Å². The lowest BCUT2D eigenvalue weighted by Gasteiger charge is -2.23. The van der Waals surface area contributed by atoms with Gasteiger partial charge in [-0.15, -0.1) is 0 Å². The third-order valence-corrected chi connectivity index (χ3v) is 2.78. The van der Waals surface area contributed by atoms with Gasteiger partial charge >= 0.3 is 0 Å². The molecule has 1 aromatic carbocycles. The fourth-order valence-electron chi connectivity index (χ4n) is 1.83. The van der Waals surface area contributed by atoms with Gasteiger partial charge in [-0.1, -0.05) is 6.07 Å². The average Bonchev–Trinajstić information content (AvgIpc) is 2.25. The van der Waals surface area contributed by atoms with Crippen LogP contribution in [0.15, 0.2) is 18.2 Å². The molecule has 5 heteroatoms. The van der Waals surface area contributed by atoms with Gasteiger partial charge in [0.15, 0.2) is 0 Å². The van der Waals surface area contributed by atoms with Crippen molar-refractivity contribution in [2.75, 3.05) is 11.1 Å². The lowest BCUT2D eigenvalue weighted by atomic mass is 10.1.